The molecule has 0 atom stereocenters. The highest BCUT2D eigenvalue weighted by molar-refractivity contribution is 7.99. The van der Waals surface area contributed by atoms with Crippen LogP contribution in [0.15, 0.2) is 77.0 Å². The fraction of sp³-hybridized carbons (Fsp3) is 0.185. The lowest BCUT2D eigenvalue weighted by molar-refractivity contribution is -0.118. The van der Waals surface area contributed by atoms with Crippen molar-refractivity contribution in [3.63, 3.8) is 0 Å². The second-order valence-corrected chi connectivity index (χ2v) is 9.32. The molecule has 0 unspecified atom stereocenters. The first-order valence-electron chi connectivity index (χ1n) is 11.5. The van der Waals surface area contributed by atoms with Gasteiger partial charge in [0.2, 0.25) is 0 Å². The Hall–Kier alpha value is -4.02. The summed E-state index contributed by atoms with van der Waals surface area (Å²) in [5, 5.41) is 14.2. The molecular weight excluding hydrogens is 526 g/mol. The molecule has 0 spiro atoms. The quantitative estimate of drug-likeness (QED) is 0.163. The highest BCUT2D eigenvalue weighted by Crippen LogP contribution is 2.30. The van der Waals surface area contributed by atoms with Gasteiger partial charge in [-0.15, -0.1) is 10.2 Å². The summed E-state index contributed by atoms with van der Waals surface area (Å²) in [6.07, 6.45) is 0. The number of nitrogens with one attached hydrogen (secondary N) is 1. The van der Waals surface area contributed by atoms with E-state index in [-0.39, 0.29) is 11.7 Å². The largest absolute Gasteiger partial charge is 0.497 e. The number of ether oxygens (including phenoxy) is 3. The van der Waals surface area contributed by atoms with Gasteiger partial charge >= 0.3 is 0 Å². The summed E-state index contributed by atoms with van der Waals surface area (Å²) in [7, 11) is 4.75. The summed E-state index contributed by atoms with van der Waals surface area (Å²) >= 11 is 7.35. The van der Waals surface area contributed by atoms with E-state index in [4.69, 9.17) is 25.8 Å². The number of hydrogen-bond acceptors (Lipinski definition) is 8. The molecule has 0 saturated heterocycles. The van der Waals surface area contributed by atoms with E-state index in [1.54, 1.807) is 52.5 Å². The molecule has 4 rings (SSSR count). The summed E-state index contributed by atoms with van der Waals surface area (Å²) in [4.78, 5) is 12.6. The van der Waals surface area contributed by atoms with Crippen molar-refractivity contribution in [2.24, 2.45) is 5.10 Å². The molecule has 9 nitrogen and oxygen atoms in total. The third-order valence-corrected chi connectivity index (χ3v) is 6.73. The number of aromatic nitrogens is 3. The van der Waals surface area contributed by atoms with Crippen LogP contribution in [0.3, 0.4) is 0 Å². The molecule has 196 valence electrons. The van der Waals surface area contributed by atoms with E-state index < -0.39 is 0 Å². The van der Waals surface area contributed by atoms with Gasteiger partial charge in [0.1, 0.15) is 5.75 Å². The Balaban J connectivity index is 1.51. The number of rotatable bonds is 10. The van der Waals surface area contributed by atoms with Crippen molar-refractivity contribution in [1.82, 2.24) is 20.2 Å². The van der Waals surface area contributed by atoms with Gasteiger partial charge in [0.25, 0.3) is 5.91 Å². The molecule has 3 aromatic carbocycles. The van der Waals surface area contributed by atoms with Gasteiger partial charge in [-0.1, -0.05) is 23.4 Å². The van der Waals surface area contributed by atoms with Gasteiger partial charge in [-0.25, -0.2) is 5.43 Å². The van der Waals surface area contributed by atoms with E-state index in [0.717, 1.165) is 22.6 Å². The Labute approximate surface area is 229 Å². The van der Waals surface area contributed by atoms with Crippen molar-refractivity contribution >= 4 is 35.0 Å². The third-order valence-electron chi connectivity index (χ3n) is 5.55. The monoisotopic (exact) mass is 551 g/mol. The van der Waals surface area contributed by atoms with Crippen molar-refractivity contribution in [3.8, 4) is 34.3 Å². The molecule has 11 heteroatoms. The minimum atomic E-state index is -0.286. The van der Waals surface area contributed by atoms with Crippen molar-refractivity contribution in [1.29, 1.82) is 0 Å². The highest BCUT2D eigenvalue weighted by Gasteiger charge is 2.18. The molecular formula is C27H26ClN5O4S. The molecule has 0 aliphatic rings. The molecule has 1 heterocycles. The summed E-state index contributed by atoms with van der Waals surface area (Å²) in [6.45, 7) is 1.80. The number of hydrogen-bond donors (Lipinski definition) is 1. The zero-order valence-corrected chi connectivity index (χ0v) is 22.8. The number of hydrazone groups is 1. The van der Waals surface area contributed by atoms with Crippen molar-refractivity contribution in [2.75, 3.05) is 27.1 Å². The minimum Gasteiger partial charge on any atom is -0.497 e. The molecule has 0 aliphatic heterocycles. The second-order valence-electron chi connectivity index (χ2n) is 7.94. The van der Waals surface area contributed by atoms with Crippen LogP contribution < -0.4 is 19.6 Å². The minimum absolute atomic E-state index is 0.0804. The number of methoxy groups -OCH3 is 3. The van der Waals surface area contributed by atoms with Gasteiger partial charge in [-0.2, -0.15) is 5.10 Å². The number of carbonyl (C=O) groups is 1. The second kappa shape index (κ2) is 12.5. The van der Waals surface area contributed by atoms with Crippen LogP contribution in [-0.2, 0) is 4.79 Å². The summed E-state index contributed by atoms with van der Waals surface area (Å²) in [5.41, 5.74) is 5.68. The van der Waals surface area contributed by atoms with Crippen LogP contribution in [0.2, 0.25) is 5.02 Å². The lowest BCUT2D eigenvalue weighted by atomic mass is 10.1. The van der Waals surface area contributed by atoms with Crippen molar-refractivity contribution in [3.05, 3.63) is 77.3 Å². The summed E-state index contributed by atoms with van der Waals surface area (Å²) in [5.74, 6) is 2.35. The molecule has 0 saturated carbocycles. The van der Waals surface area contributed by atoms with Gasteiger partial charge in [-0.3, -0.25) is 9.36 Å². The first-order chi connectivity index (χ1) is 18.4. The molecule has 0 radical (unpaired) electrons. The van der Waals surface area contributed by atoms with E-state index in [2.05, 4.69) is 20.7 Å². The summed E-state index contributed by atoms with van der Waals surface area (Å²) in [6, 6.07) is 20.3. The number of nitrogens with zero attached hydrogens (tertiary/aromatic N) is 4. The molecule has 0 bridgehead atoms. The fourth-order valence-corrected chi connectivity index (χ4v) is 4.42. The van der Waals surface area contributed by atoms with Crippen LogP contribution in [0.4, 0.5) is 0 Å². The number of halogens is 1. The first kappa shape index (κ1) is 27.0. The average Bonchev–Trinajstić information content (AvgIpc) is 3.38. The molecule has 0 aliphatic carbocycles. The lowest BCUT2D eigenvalue weighted by Crippen LogP contribution is -2.21. The lowest BCUT2D eigenvalue weighted by Gasteiger charge is -2.11. The topological polar surface area (TPSA) is 99.9 Å². The fourth-order valence-electron chi connectivity index (χ4n) is 3.55. The van der Waals surface area contributed by atoms with Crippen LogP contribution in [0.1, 0.15) is 12.5 Å². The maximum absolute atomic E-state index is 12.6. The molecule has 38 heavy (non-hydrogen) atoms. The van der Waals surface area contributed by atoms with Gasteiger partial charge < -0.3 is 14.2 Å². The Morgan fingerprint density at radius 3 is 2.32 bits per heavy atom. The maximum atomic E-state index is 12.6. The predicted molar refractivity (Wildman–Crippen MR) is 149 cm³/mol. The molecule has 4 aromatic rings. The van der Waals surface area contributed by atoms with Crippen LogP contribution in [0.25, 0.3) is 17.1 Å². The Morgan fingerprint density at radius 1 is 0.947 bits per heavy atom. The highest BCUT2D eigenvalue weighted by atomic mass is 35.5. The summed E-state index contributed by atoms with van der Waals surface area (Å²) < 4.78 is 17.8. The normalized spacial score (nSPS) is 11.2. The van der Waals surface area contributed by atoms with E-state index in [1.165, 1.54) is 11.8 Å². The van der Waals surface area contributed by atoms with E-state index in [0.29, 0.717) is 33.2 Å². The zero-order chi connectivity index (χ0) is 27.1. The van der Waals surface area contributed by atoms with Gasteiger partial charge in [0.05, 0.1) is 32.8 Å². The number of carbonyl (C=O) groups excluding carboxylic acids is 1. The van der Waals surface area contributed by atoms with Gasteiger partial charge in [0.15, 0.2) is 22.5 Å². The van der Waals surface area contributed by atoms with E-state index in [9.17, 15) is 4.79 Å². The van der Waals surface area contributed by atoms with Gasteiger partial charge in [0, 0.05) is 21.8 Å². The Kier molecular flexibility index (Phi) is 8.88. The smallest absolute Gasteiger partial charge is 0.250 e. The van der Waals surface area contributed by atoms with Crippen LogP contribution in [0.5, 0.6) is 17.2 Å². The van der Waals surface area contributed by atoms with Crippen LogP contribution >= 0.6 is 23.4 Å². The van der Waals surface area contributed by atoms with E-state index in [1.807, 2.05) is 47.0 Å². The SMILES string of the molecule is COc1ccc(-c2nnc(SCC(=O)NN=C(C)c3ccc(OC)c(OC)c3)n2-c2ccc(Cl)cc2)cc1. The van der Waals surface area contributed by atoms with Gasteiger partial charge in [-0.05, 0) is 73.7 Å². The Bertz CT molecular complexity index is 1440. The number of benzene rings is 3. The van der Waals surface area contributed by atoms with E-state index >= 15 is 0 Å². The zero-order valence-electron chi connectivity index (χ0n) is 21.3. The predicted octanol–water partition coefficient (Wildman–Crippen LogP) is 5.25. The molecule has 1 aromatic heterocycles. The first-order valence-corrected chi connectivity index (χ1v) is 12.8. The maximum Gasteiger partial charge on any atom is 0.250 e. The van der Waals surface area contributed by atoms with Crippen LogP contribution in [-0.4, -0.2) is 53.5 Å². The Morgan fingerprint density at radius 2 is 1.66 bits per heavy atom. The third kappa shape index (κ3) is 6.27. The average molecular weight is 552 g/mol. The van der Waals surface area contributed by atoms with Crippen molar-refractivity contribution in [2.45, 2.75) is 12.1 Å². The van der Waals surface area contributed by atoms with Crippen LogP contribution in [0, 0.1) is 0 Å². The number of amides is 1. The molecule has 1 amide bonds. The van der Waals surface area contributed by atoms with Crippen molar-refractivity contribution < 1.29 is 19.0 Å². The number of thioether (sulfide) groups is 1. The molecule has 1 N–H and O–H groups in total. The standard InChI is InChI=1S/C27H26ClN5O4S/c1-17(19-7-14-23(36-3)24(15-19)37-4)29-30-25(34)16-38-27-32-31-26(18-5-12-22(35-2)13-6-18)33(27)21-10-8-20(28)9-11-21/h5-15H,16H2,1-4H3,(H,30,34). The molecule has 0 fully saturated rings.